The van der Waals surface area contributed by atoms with E-state index in [2.05, 4.69) is 41.7 Å². The van der Waals surface area contributed by atoms with Crippen LogP contribution in [0.5, 0.6) is 11.5 Å². The van der Waals surface area contributed by atoms with Gasteiger partial charge in [0.15, 0.2) is 17.3 Å². The maximum absolute atomic E-state index is 13.3. The number of hydrogen-bond acceptors (Lipinski definition) is 6. The van der Waals surface area contributed by atoms with Crippen LogP contribution in [0.1, 0.15) is 52.0 Å². The number of allylic oxidation sites excluding steroid dienone is 3. The molecule has 0 saturated heterocycles. The van der Waals surface area contributed by atoms with Gasteiger partial charge < -0.3 is 19.9 Å². The van der Waals surface area contributed by atoms with Crippen molar-refractivity contribution >= 4 is 27.7 Å². The molecule has 0 fully saturated rings. The number of dihydropyridines is 1. The molecule has 0 unspecified atom stereocenters. The Hall–Kier alpha value is -2.54. The summed E-state index contributed by atoms with van der Waals surface area (Å²) in [5.41, 5.74) is 2.89. The summed E-state index contributed by atoms with van der Waals surface area (Å²) in [6.45, 7) is 11.8. The molecule has 3 rings (SSSR count). The molecule has 0 bridgehead atoms. The molecule has 7 heteroatoms. The fourth-order valence-corrected chi connectivity index (χ4v) is 4.74. The van der Waals surface area contributed by atoms with E-state index in [1.807, 2.05) is 13.8 Å². The Morgan fingerprint density at radius 1 is 1.39 bits per heavy atom. The molecule has 2 aliphatic rings. The zero-order valence-corrected chi connectivity index (χ0v) is 19.9. The van der Waals surface area contributed by atoms with Crippen molar-refractivity contribution in [3.05, 3.63) is 57.4 Å². The van der Waals surface area contributed by atoms with Crippen molar-refractivity contribution in [3.8, 4) is 11.5 Å². The third-order valence-corrected chi connectivity index (χ3v) is 6.08. The maximum atomic E-state index is 13.3. The van der Waals surface area contributed by atoms with Crippen molar-refractivity contribution in [2.24, 2.45) is 5.41 Å². The molecule has 0 radical (unpaired) electrons. The highest BCUT2D eigenvalue weighted by molar-refractivity contribution is 9.10. The number of carbonyl (C=O) groups is 2. The molecule has 0 aromatic heterocycles. The highest BCUT2D eigenvalue weighted by Crippen LogP contribution is 2.49. The molecule has 1 aromatic rings. The van der Waals surface area contributed by atoms with Crippen LogP contribution in [0.2, 0.25) is 0 Å². The zero-order valence-electron chi connectivity index (χ0n) is 18.3. The van der Waals surface area contributed by atoms with Crippen molar-refractivity contribution in [3.63, 3.8) is 0 Å². The number of esters is 1. The van der Waals surface area contributed by atoms with Gasteiger partial charge in [0.05, 0.1) is 16.7 Å². The first-order valence-corrected chi connectivity index (χ1v) is 11.1. The van der Waals surface area contributed by atoms with E-state index in [4.69, 9.17) is 9.47 Å². The number of phenols is 1. The highest BCUT2D eigenvalue weighted by atomic mass is 79.9. The Morgan fingerprint density at radius 3 is 2.74 bits per heavy atom. The summed E-state index contributed by atoms with van der Waals surface area (Å²) in [7, 11) is 0. The van der Waals surface area contributed by atoms with Crippen LogP contribution >= 0.6 is 15.9 Å². The molecule has 166 valence electrons. The van der Waals surface area contributed by atoms with Crippen LogP contribution in [0, 0.1) is 5.41 Å². The number of phenolic OH excluding ortho intramolecular Hbond substituents is 1. The van der Waals surface area contributed by atoms with E-state index >= 15 is 0 Å². The summed E-state index contributed by atoms with van der Waals surface area (Å²) in [6.07, 6.45) is 2.58. The second-order valence-electron chi connectivity index (χ2n) is 8.60. The van der Waals surface area contributed by atoms with Gasteiger partial charge in [-0.2, -0.15) is 0 Å². The van der Waals surface area contributed by atoms with Gasteiger partial charge in [-0.05, 0) is 59.3 Å². The summed E-state index contributed by atoms with van der Waals surface area (Å²) in [6, 6.07) is 3.41. The van der Waals surface area contributed by atoms with Gasteiger partial charge in [-0.3, -0.25) is 4.79 Å². The van der Waals surface area contributed by atoms with Crippen LogP contribution in [-0.4, -0.2) is 30.1 Å². The highest BCUT2D eigenvalue weighted by Gasteiger charge is 2.43. The summed E-state index contributed by atoms with van der Waals surface area (Å²) < 4.78 is 11.4. The molecule has 1 aliphatic heterocycles. The number of nitrogens with one attached hydrogen (secondary N) is 1. The Labute approximate surface area is 191 Å². The van der Waals surface area contributed by atoms with E-state index in [1.165, 1.54) is 6.08 Å². The average molecular weight is 490 g/mol. The van der Waals surface area contributed by atoms with Gasteiger partial charge in [-0.25, -0.2) is 4.79 Å². The normalized spacial score (nSPS) is 20.2. The second kappa shape index (κ2) is 8.91. The van der Waals surface area contributed by atoms with Crippen molar-refractivity contribution in [2.75, 3.05) is 13.2 Å². The fourth-order valence-electron chi connectivity index (χ4n) is 4.28. The van der Waals surface area contributed by atoms with Gasteiger partial charge in [0.25, 0.3) is 0 Å². The van der Waals surface area contributed by atoms with E-state index in [9.17, 15) is 14.7 Å². The molecule has 31 heavy (non-hydrogen) atoms. The van der Waals surface area contributed by atoms with Gasteiger partial charge in [0.2, 0.25) is 0 Å². The third-order valence-electron chi connectivity index (χ3n) is 5.48. The van der Waals surface area contributed by atoms with Crippen molar-refractivity contribution < 1.29 is 24.2 Å². The van der Waals surface area contributed by atoms with Gasteiger partial charge in [0.1, 0.15) is 6.61 Å². The number of ketones is 1. The number of rotatable bonds is 6. The largest absolute Gasteiger partial charge is 0.503 e. The first-order chi connectivity index (χ1) is 14.6. The number of Topliss-reactive ketones (excluding diaryl/α,β-unsaturated/α-hetero) is 1. The monoisotopic (exact) mass is 489 g/mol. The Morgan fingerprint density at radius 2 is 2.10 bits per heavy atom. The predicted molar refractivity (Wildman–Crippen MR) is 122 cm³/mol. The van der Waals surface area contributed by atoms with Gasteiger partial charge in [-0.15, -0.1) is 0 Å². The zero-order chi connectivity index (χ0) is 22.9. The summed E-state index contributed by atoms with van der Waals surface area (Å²) in [5.74, 6) is -0.893. The number of halogens is 1. The Bertz CT molecular complexity index is 1010. The SMILES string of the molecule is C=CCOC(=O)C1=C(C)NC2=C(C(=O)CC(C)(C)C2)[C@@H]1c1cc(Br)c(O)c(OCC)c1. The van der Waals surface area contributed by atoms with Crippen molar-refractivity contribution in [1.82, 2.24) is 5.32 Å². The van der Waals surface area contributed by atoms with Crippen molar-refractivity contribution in [1.29, 1.82) is 0 Å². The molecule has 0 saturated carbocycles. The van der Waals surface area contributed by atoms with E-state index in [-0.39, 0.29) is 29.3 Å². The molecule has 0 spiro atoms. The molecule has 1 aromatic carbocycles. The van der Waals surface area contributed by atoms with Crippen LogP contribution in [0.15, 0.2) is 51.8 Å². The maximum Gasteiger partial charge on any atom is 0.337 e. The fraction of sp³-hybridized carbons (Fsp3) is 0.417. The number of carbonyl (C=O) groups excluding carboxylic acids is 2. The van der Waals surface area contributed by atoms with Gasteiger partial charge >= 0.3 is 5.97 Å². The molecular weight excluding hydrogens is 462 g/mol. The lowest BCUT2D eigenvalue weighted by Crippen LogP contribution is -2.38. The van der Waals surface area contributed by atoms with E-state index < -0.39 is 11.9 Å². The lowest BCUT2D eigenvalue weighted by molar-refractivity contribution is -0.138. The molecule has 2 N–H and O–H groups in total. The molecule has 1 atom stereocenters. The van der Waals surface area contributed by atoms with Crippen LogP contribution in [0.4, 0.5) is 0 Å². The Balaban J connectivity index is 2.22. The standard InChI is InChI=1S/C24H28BrNO5/c1-6-8-31-23(29)19-13(3)26-16-11-24(4,5)12-17(27)21(16)20(19)14-9-15(25)22(28)18(10-14)30-7-2/h6,9-10,20,26,28H,1,7-8,11-12H2,2-5H3/t20-/m1/s1. The van der Waals surface area contributed by atoms with Crippen LogP contribution in [0.25, 0.3) is 0 Å². The minimum atomic E-state index is -0.631. The lowest BCUT2D eigenvalue weighted by atomic mass is 9.68. The number of hydrogen-bond donors (Lipinski definition) is 2. The molecule has 1 heterocycles. The minimum Gasteiger partial charge on any atom is -0.503 e. The van der Waals surface area contributed by atoms with E-state index in [0.717, 1.165) is 5.70 Å². The predicted octanol–water partition coefficient (Wildman–Crippen LogP) is 4.89. The Kier molecular flexibility index (Phi) is 6.65. The van der Waals surface area contributed by atoms with Crippen molar-refractivity contribution in [2.45, 2.75) is 46.5 Å². The first-order valence-electron chi connectivity index (χ1n) is 10.3. The average Bonchev–Trinajstić information content (AvgIpc) is 2.67. The van der Waals surface area contributed by atoms with E-state index in [0.29, 0.717) is 46.3 Å². The quantitative estimate of drug-likeness (QED) is 0.437. The summed E-state index contributed by atoms with van der Waals surface area (Å²) in [4.78, 5) is 26.3. The minimum absolute atomic E-state index is 0.00701. The lowest BCUT2D eigenvalue weighted by Gasteiger charge is -2.39. The summed E-state index contributed by atoms with van der Waals surface area (Å²) >= 11 is 3.38. The number of benzene rings is 1. The van der Waals surface area contributed by atoms with E-state index in [1.54, 1.807) is 12.1 Å². The van der Waals surface area contributed by atoms with Crippen LogP contribution in [-0.2, 0) is 14.3 Å². The van der Waals surface area contributed by atoms with Crippen LogP contribution in [0.3, 0.4) is 0 Å². The number of aromatic hydroxyl groups is 1. The first kappa shape index (κ1) is 23.1. The molecule has 1 aliphatic carbocycles. The molecular formula is C24H28BrNO5. The smallest absolute Gasteiger partial charge is 0.337 e. The molecule has 0 amide bonds. The number of ether oxygens (including phenoxy) is 2. The van der Waals surface area contributed by atoms with Gasteiger partial charge in [0, 0.05) is 29.3 Å². The van der Waals surface area contributed by atoms with Crippen LogP contribution < -0.4 is 10.1 Å². The third kappa shape index (κ3) is 4.56. The van der Waals surface area contributed by atoms with Gasteiger partial charge in [-0.1, -0.05) is 26.5 Å². The summed E-state index contributed by atoms with van der Waals surface area (Å²) in [5, 5.41) is 13.7. The second-order valence-corrected chi connectivity index (χ2v) is 9.45. The molecule has 6 nitrogen and oxygen atoms in total. The topological polar surface area (TPSA) is 84.9 Å².